The van der Waals surface area contributed by atoms with E-state index in [4.69, 9.17) is 0 Å². The molecule has 0 aliphatic heterocycles. The van der Waals surface area contributed by atoms with Gasteiger partial charge in [0.25, 0.3) is 0 Å². The number of amides is 3. The van der Waals surface area contributed by atoms with E-state index in [1.807, 2.05) is 54.6 Å². The molecule has 3 amide bonds. The normalized spacial score (nSPS) is 10.7. The largest absolute Gasteiger partial charge is 0.332 e. The molecule has 1 aromatic heterocycles. The summed E-state index contributed by atoms with van der Waals surface area (Å²) < 4.78 is 0. The number of carbonyl (C=O) groups excluding carboxylic acids is 2. The summed E-state index contributed by atoms with van der Waals surface area (Å²) in [5.41, 5.74) is 2.96. The second-order valence-corrected chi connectivity index (χ2v) is 10.00. The van der Waals surface area contributed by atoms with Gasteiger partial charge in [-0.1, -0.05) is 62.4 Å². The molecule has 3 aromatic rings. The molecule has 1 heterocycles. The lowest BCUT2D eigenvalue weighted by Crippen LogP contribution is -2.44. The van der Waals surface area contributed by atoms with Gasteiger partial charge in [0.15, 0.2) is 0 Å². The molecule has 1 N–H and O–H groups in total. The van der Waals surface area contributed by atoms with Crippen LogP contribution in [0, 0.1) is 6.92 Å². The summed E-state index contributed by atoms with van der Waals surface area (Å²) in [6.45, 7) is 11.3. The molecular weight excluding hydrogens is 442 g/mol. The summed E-state index contributed by atoms with van der Waals surface area (Å²) in [6.07, 6.45) is 1.64. The van der Waals surface area contributed by atoms with Crippen LogP contribution in [-0.4, -0.2) is 34.8 Å². The number of benzene rings is 2. The minimum absolute atomic E-state index is 0.0286. The van der Waals surface area contributed by atoms with Gasteiger partial charge in [0.1, 0.15) is 6.54 Å². The second kappa shape index (κ2) is 12.2. The van der Waals surface area contributed by atoms with Crippen molar-refractivity contribution in [2.24, 2.45) is 0 Å². The maximum atomic E-state index is 13.4. The van der Waals surface area contributed by atoms with Gasteiger partial charge in [-0.25, -0.2) is 4.79 Å². The second-order valence-electron chi connectivity index (χ2n) is 8.62. The van der Waals surface area contributed by atoms with Crippen molar-refractivity contribution in [1.82, 2.24) is 9.80 Å². The van der Waals surface area contributed by atoms with Crippen LogP contribution in [-0.2, 0) is 17.9 Å². The Hall–Kier alpha value is -3.38. The van der Waals surface area contributed by atoms with Crippen molar-refractivity contribution in [2.75, 3.05) is 18.4 Å². The summed E-state index contributed by atoms with van der Waals surface area (Å²) in [6, 6.07) is 21.5. The highest BCUT2D eigenvalue weighted by atomic mass is 32.1. The van der Waals surface area contributed by atoms with Crippen molar-refractivity contribution >= 4 is 29.0 Å². The van der Waals surface area contributed by atoms with E-state index in [2.05, 4.69) is 44.8 Å². The van der Waals surface area contributed by atoms with Crippen molar-refractivity contribution in [2.45, 2.75) is 39.8 Å². The van der Waals surface area contributed by atoms with Crippen LogP contribution in [0.5, 0.6) is 0 Å². The first-order chi connectivity index (χ1) is 16.4. The van der Waals surface area contributed by atoms with Gasteiger partial charge in [-0.2, -0.15) is 0 Å². The average Bonchev–Trinajstić information content (AvgIpc) is 3.23. The van der Waals surface area contributed by atoms with Crippen LogP contribution in [0.15, 0.2) is 79.4 Å². The summed E-state index contributed by atoms with van der Waals surface area (Å²) in [7, 11) is 0. The number of hydrogen-bond donors (Lipinski definition) is 1. The van der Waals surface area contributed by atoms with Crippen molar-refractivity contribution in [3.63, 3.8) is 0 Å². The van der Waals surface area contributed by atoms with E-state index in [0.717, 1.165) is 10.4 Å². The van der Waals surface area contributed by atoms with Gasteiger partial charge >= 0.3 is 6.03 Å². The first-order valence-electron chi connectivity index (χ1n) is 11.5. The lowest BCUT2D eigenvalue weighted by Gasteiger charge is -2.27. The minimum Gasteiger partial charge on any atom is -0.332 e. The van der Waals surface area contributed by atoms with E-state index in [1.165, 1.54) is 15.3 Å². The molecule has 0 atom stereocenters. The number of rotatable bonds is 10. The molecule has 0 fully saturated rings. The third-order valence-electron chi connectivity index (χ3n) is 5.50. The number of thiophene rings is 1. The Morgan fingerprint density at radius 1 is 0.971 bits per heavy atom. The summed E-state index contributed by atoms with van der Waals surface area (Å²) in [4.78, 5) is 32.0. The number of hydrogen-bond acceptors (Lipinski definition) is 3. The fourth-order valence-electron chi connectivity index (χ4n) is 3.59. The Bertz CT molecular complexity index is 1090. The Morgan fingerprint density at radius 3 is 2.26 bits per heavy atom. The molecule has 34 heavy (non-hydrogen) atoms. The van der Waals surface area contributed by atoms with E-state index in [0.29, 0.717) is 24.7 Å². The first kappa shape index (κ1) is 25.2. The van der Waals surface area contributed by atoms with Crippen molar-refractivity contribution in [1.29, 1.82) is 0 Å². The lowest BCUT2D eigenvalue weighted by atomic mass is 10.0. The average molecular weight is 476 g/mol. The van der Waals surface area contributed by atoms with Crippen LogP contribution in [0.4, 0.5) is 10.5 Å². The molecule has 178 valence electrons. The maximum Gasteiger partial charge on any atom is 0.322 e. The SMILES string of the molecule is C=CCN(CC(=O)N(Cc1ccccc1)Cc1ccc(C)s1)C(=O)Nc1ccc(C(C)C)cc1. The topological polar surface area (TPSA) is 52.7 Å². The van der Waals surface area contributed by atoms with Crippen molar-refractivity contribution in [3.8, 4) is 0 Å². The monoisotopic (exact) mass is 475 g/mol. The Balaban J connectivity index is 1.72. The van der Waals surface area contributed by atoms with Gasteiger partial charge in [-0.3, -0.25) is 4.79 Å². The highest BCUT2D eigenvalue weighted by molar-refractivity contribution is 7.11. The number of carbonyl (C=O) groups is 2. The molecule has 5 nitrogen and oxygen atoms in total. The number of nitrogens with zero attached hydrogens (tertiary/aromatic N) is 2. The number of anilines is 1. The van der Waals surface area contributed by atoms with Crippen LogP contribution in [0.3, 0.4) is 0 Å². The molecule has 0 bridgehead atoms. The molecule has 0 aliphatic rings. The Morgan fingerprint density at radius 2 is 1.68 bits per heavy atom. The molecule has 0 saturated heterocycles. The van der Waals surface area contributed by atoms with Crippen LogP contribution in [0.25, 0.3) is 0 Å². The number of urea groups is 1. The zero-order valence-corrected chi connectivity index (χ0v) is 21.0. The van der Waals surface area contributed by atoms with Gasteiger partial charge in [0.2, 0.25) is 5.91 Å². The van der Waals surface area contributed by atoms with E-state index < -0.39 is 0 Å². The summed E-state index contributed by atoms with van der Waals surface area (Å²) in [5.74, 6) is 0.310. The predicted molar refractivity (Wildman–Crippen MR) is 141 cm³/mol. The minimum atomic E-state index is -0.322. The van der Waals surface area contributed by atoms with Crippen molar-refractivity contribution in [3.05, 3.63) is 100 Å². The molecule has 0 saturated carbocycles. The smallest absolute Gasteiger partial charge is 0.322 e. The van der Waals surface area contributed by atoms with Crippen molar-refractivity contribution < 1.29 is 9.59 Å². The lowest BCUT2D eigenvalue weighted by molar-refractivity contribution is -0.132. The summed E-state index contributed by atoms with van der Waals surface area (Å²) >= 11 is 1.68. The highest BCUT2D eigenvalue weighted by Crippen LogP contribution is 2.20. The van der Waals surface area contributed by atoms with Gasteiger partial charge in [-0.05, 0) is 48.2 Å². The third-order valence-corrected chi connectivity index (χ3v) is 6.49. The van der Waals surface area contributed by atoms with Crippen LogP contribution in [0.2, 0.25) is 0 Å². The van der Waals surface area contributed by atoms with Crippen LogP contribution >= 0.6 is 11.3 Å². The van der Waals surface area contributed by atoms with Gasteiger partial charge in [0, 0.05) is 28.5 Å². The fourth-order valence-corrected chi connectivity index (χ4v) is 4.49. The van der Waals surface area contributed by atoms with E-state index in [9.17, 15) is 9.59 Å². The quantitative estimate of drug-likeness (QED) is 0.344. The maximum absolute atomic E-state index is 13.4. The van der Waals surface area contributed by atoms with Gasteiger partial charge in [-0.15, -0.1) is 17.9 Å². The molecule has 0 aliphatic carbocycles. The zero-order valence-electron chi connectivity index (χ0n) is 20.2. The molecule has 6 heteroatoms. The molecule has 0 radical (unpaired) electrons. The highest BCUT2D eigenvalue weighted by Gasteiger charge is 2.22. The Kier molecular flexibility index (Phi) is 9.05. The van der Waals surface area contributed by atoms with Crippen LogP contribution < -0.4 is 5.32 Å². The predicted octanol–water partition coefficient (Wildman–Crippen LogP) is 6.43. The van der Waals surface area contributed by atoms with E-state index >= 15 is 0 Å². The first-order valence-corrected chi connectivity index (χ1v) is 12.3. The third kappa shape index (κ3) is 7.32. The van der Waals surface area contributed by atoms with Gasteiger partial charge in [0.05, 0.1) is 6.54 Å². The van der Waals surface area contributed by atoms with Gasteiger partial charge < -0.3 is 15.1 Å². The van der Waals surface area contributed by atoms with Crippen LogP contribution in [0.1, 0.15) is 40.6 Å². The fraction of sp³-hybridized carbons (Fsp3) is 0.286. The molecule has 0 spiro atoms. The van der Waals surface area contributed by atoms with E-state index in [-0.39, 0.29) is 25.0 Å². The number of nitrogens with one attached hydrogen (secondary N) is 1. The molecule has 0 unspecified atom stereocenters. The number of aryl methyl sites for hydroxylation is 1. The summed E-state index contributed by atoms with van der Waals surface area (Å²) in [5, 5.41) is 2.91. The molecule has 3 rings (SSSR count). The Labute approximate surface area is 206 Å². The molecular formula is C28H33N3O2S. The standard InChI is InChI=1S/C28H33N3O2S/c1-5-17-30(28(33)29-25-14-12-24(13-15-25)21(2)3)20-27(32)31(18-23-9-7-6-8-10-23)19-26-16-11-22(4)34-26/h5-16,21H,1,17-20H2,2-4H3,(H,29,33). The molecule has 2 aromatic carbocycles. The van der Waals surface area contributed by atoms with E-state index in [1.54, 1.807) is 22.3 Å². The zero-order chi connectivity index (χ0) is 24.5.